The molecule has 234 valence electrons. The predicted molar refractivity (Wildman–Crippen MR) is 182 cm³/mol. The van der Waals surface area contributed by atoms with E-state index in [-0.39, 0.29) is 48.7 Å². The maximum Gasteiger partial charge on any atom is 0.251 e. The molecular formula is C34H45Cl3N4O2. The van der Waals surface area contributed by atoms with Gasteiger partial charge in [0.05, 0.1) is 12.5 Å². The maximum absolute atomic E-state index is 14.0. The molecule has 1 fully saturated rings. The molecule has 3 aromatic rings. The van der Waals surface area contributed by atoms with E-state index < -0.39 is 0 Å². The Bertz CT molecular complexity index is 1310. The number of amides is 2. The van der Waals surface area contributed by atoms with Crippen LogP contribution in [0.2, 0.25) is 5.02 Å². The van der Waals surface area contributed by atoms with Crippen molar-refractivity contribution < 1.29 is 9.59 Å². The summed E-state index contributed by atoms with van der Waals surface area (Å²) in [5.74, 6) is 0.600. The summed E-state index contributed by atoms with van der Waals surface area (Å²) in [5.41, 5.74) is 10.0. The SMILES string of the molecule is CC(C)CN1CCC(N(C(=O)Cc2ccc(Cl)cc2)C(C)c2cccc(-c3ccccc3C(=O)NCCN)c2)CC1.Cl.Cl. The number of piperidine rings is 1. The van der Waals surface area contributed by atoms with Crippen molar-refractivity contribution in [1.29, 1.82) is 0 Å². The van der Waals surface area contributed by atoms with E-state index in [9.17, 15) is 9.59 Å². The van der Waals surface area contributed by atoms with Gasteiger partial charge in [-0.3, -0.25) is 9.59 Å². The van der Waals surface area contributed by atoms with Crippen molar-refractivity contribution >= 4 is 48.2 Å². The summed E-state index contributed by atoms with van der Waals surface area (Å²) < 4.78 is 0. The number of hydrogen-bond donors (Lipinski definition) is 2. The van der Waals surface area contributed by atoms with Gasteiger partial charge in [-0.15, -0.1) is 24.8 Å². The third-order valence-electron chi connectivity index (χ3n) is 7.83. The van der Waals surface area contributed by atoms with E-state index in [4.69, 9.17) is 17.3 Å². The zero-order valence-corrected chi connectivity index (χ0v) is 27.7. The first-order chi connectivity index (χ1) is 19.8. The number of carbonyl (C=O) groups is 2. The largest absolute Gasteiger partial charge is 0.351 e. The number of benzene rings is 3. The summed E-state index contributed by atoms with van der Waals surface area (Å²) in [7, 11) is 0. The molecule has 1 heterocycles. The summed E-state index contributed by atoms with van der Waals surface area (Å²) >= 11 is 6.10. The minimum Gasteiger partial charge on any atom is -0.351 e. The number of nitrogens with two attached hydrogens (primary N) is 1. The number of rotatable bonds is 11. The summed E-state index contributed by atoms with van der Waals surface area (Å²) in [6.07, 6.45) is 2.23. The number of nitrogens with one attached hydrogen (secondary N) is 1. The number of likely N-dealkylation sites (tertiary alicyclic amines) is 1. The molecule has 0 radical (unpaired) electrons. The highest BCUT2D eigenvalue weighted by atomic mass is 35.5. The van der Waals surface area contributed by atoms with Crippen molar-refractivity contribution in [2.45, 2.75) is 52.1 Å². The van der Waals surface area contributed by atoms with Gasteiger partial charge in [0, 0.05) is 49.4 Å². The van der Waals surface area contributed by atoms with E-state index in [1.54, 1.807) is 0 Å². The highest BCUT2D eigenvalue weighted by Crippen LogP contribution is 2.32. The molecule has 6 nitrogen and oxygen atoms in total. The lowest BCUT2D eigenvalue weighted by Crippen LogP contribution is -2.49. The van der Waals surface area contributed by atoms with Gasteiger partial charge in [-0.1, -0.05) is 74.0 Å². The second kappa shape index (κ2) is 17.6. The third kappa shape index (κ3) is 9.95. The first kappa shape index (κ1) is 36.6. The van der Waals surface area contributed by atoms with Crippen molar-refractivity contribution in [2.75, 3.05) is 32.7 Å². The van der Waals surface area contributed by atoms with Gasteiger partial charge >= 0.3 is 0 Å². The van der Waals surface area contributed by atoms with Gasteiger partial charge in [0.15, 0.2) is 0 Å². The standard InChI is InChI=1S/C34H43ClN4O2.2ClH/c1-24(2)23-38-19-15-30(16-20-38)39(33(40)21-26-11-13-29(35)14-12-26)25(3)27-7-6-8-28(22-27)31-9-4-5-10-32(31)34(41)37-18-17-36;;/h4-14,22,24-25,30H,15-21,23,36H2,1-3H3,(H,37,41);2*1H. The number of hydrogen-bond acceptors (Lipinski definition) is 4. The summed E-state index contributed by atoms with van der Waals surface area (Å²) in [6.45, 7) is 10.5. The molecule has 1 unspecified atom stereocenters. The summed E-state index contributed by atoms with van der Waals surface area (Å²) in [4.78, 5) is 31.5. The molecule has 0 aromatic heterocycles. The van der Waals surface area contributed by atoms with Crippen LogP contribution in [0.1, 0.15) is 61.1 Å². The molecule has 0 spiro atoms. The van der Waals surface area contributed by atoms with Crippen LogP contribution in [-0.2, 0) is 11.2 Å². The highest BCUT2D eigenvalue weighted by molar-refractivity contribution is 6.30. The first-order valence-corrected chi connectivity index (χ1v) is 15.1. The minimum atomic E-state index is -0.141. The molecule has 3 N–H and O–H groups in total. The van der Waals surface area contributed by atoms with Crippen LogP contribution in [0.25, 0.3) is 11.1 Å². The Labute approximate surface area is 274 Å². The number of nitrogens with zero attached hydrogens (tertiary/aromatic N) is 2. The predicted octanol–water partition coefficient (Wildman–Crippen LogP) is 6.79. The smallest absolute Gasteiger partial charge is 0.251 e. The number of halogens is 3. The summed E-state index contributed by atoms with van der Waals surface area (Å²) in [5, 5.41) is 3.55. The van der Waals surface area contributed by atoms with E-state index >= 15 is 0 Å². The van der Waals surface area contributed by atoms with Crippen LogP contribution in [0.3, 0.4) is 0 Å². The normalized spacial score (nSPS) is 14.4. The molecule has 0 aliphatic carbocycles. The quantitative estimate of drug-likeness (QED) is 0.240. The van der Waals surface area contributed by atoms with Crippen LogP contribution in [0.15, 0.2) is 72.8 Å². The van der Waals surface area contributed by atoms with Gasteiger partial charge in [0.1, 0.15) is 0 Å². The van der Waals surface area contributed by atoms with Gasteiger partial charge in [-0.2, -0.15) is 0 Å². The Morgan fingerprint density at radius 3 is 2.30 bits per heavy atom. The Hall–Kier alpha value is -2.61. The van der Waals surface area contributed by atoms with Gasteiger partial charge in [0.25, 0.3) is 5.91 Å². The van der Waals surface area contributed by atoms with Crippen molar-refractivity contribution in [1.82, 2.24) is 15.1 Å². The molecule has 1 atom stereocenters. The van der Waals surface area contributed by atoms with E-state index in [1.165, 1.54) is 0 Å². The lowest BCUT2D eigenvalue weighted by Gasteiger charge is -2.42. The molecule has 1 aliphatic rings. The van der Waals surface area contributed by atoms with Crippen molar-refractivity contribution in [2.24, 2.45) is 11.7 Å². The molecule has 9 heteroatoms. The molecule has 0 saturated carbocycles. The van der Waals surface area contributed by atoms with Crippen molar-refractivity contribution in [3.05, 3.63) is 94.5 Å². The van der Waals surface area contributed by atoms with Gasteiger partial charge in [-0.05, 0) is 72.2 Å². The molecule has 4 rings (SSSR count). The summed E-state index contributed by atoms with van der Waals surface area (Å²) in [6, 6.07) is 23.4. The van der Waals surface area contributed by atoms with Crippen LogP contribution >= 0.6 is 36.4 Å². The van der Waals surface area contributed by atoms with Crippen molar-refractivity contribution in [3.8, 4) is 11.1 Å². The fourth-order valence-electron chi connectivity index (χ4n) is 5.84. The molecule has 1 saturated heterocycles. The highest BCUT2D eigenvalue weighted by Gasteiger charge is 2.32. The van der Waals surface area contributed by atoms with E-state index in [1.807, 2.05) is 60.7 Å². The lowest BCUT2D eigenvalue weighted by atomic mass is 9.93. The van der Waals surface area contributed by atoms with E-state index in [0.717, 1.165) is 54.7 Å². The lowest BCUT2D eigenvalue weighted by molar-refractivity contribution is -0.136. The maximum atomic E-state index is 14.0. The second-order valence-corrected chi connectivity index (χ2v) is 11.9. The van der Waals surface area contributed by atoms with Crippen LogP contribution < -0.4 is 11.1 Å². The third-order valence-corrected chi connectivity index (χ3v) is 8.08. The molecular weight excluding hydrogens is 603 g/mol. The zero-order chi connectivity index (χ0) is 29.4. The van der Waals surface area contributed by atoms with Crippen molar-refractivity contribution in [3.63, 3.8) is 0 Å². The average Bonchev–Trinajstić information content (AvgIpc) is 2.98. The number of carbonyl (C=O) groups excluding carboxylic acids is 2. The Kier molecular flexibility index (Phi) is 15.0. The Morgan fingerprint density at radius 1 is 0.977 bits per heavy atom. The fraction of sp³-hybridized carbons (Fsp3) is 0.412. The molecule has 2 amide bonds. The molecule has 3 aromatic carbocycles. The topological polar surface area (TPSA) is 78.7 Å². The second-order valence-electron chi connectivity index (χ2n) is 11.4. The van der Waals surface area contributed by atoms with Gasteiger partial charge < -0.3 is 20.9 Å². The van der Waals surface area contributed by atoms with Crippen LogP contribution in [0.5, 0.6) is 0 Å². The van der Waals surface area contributed by atoms with E-state index in [0.29, 0.717) is 36.0 Å². The Morgan fingerprint density at radius 2 is 1.65 bits per heavy atom. The first-order valence-electron chi connectivity index (χ1n) is 14.7. The molecule has 0 bridgehead atoms. The molecule has 43 heavy (non-hydrogen) atoms. The van der Waals surface area contributed by atoms with Crippen LogP contribution in [-0.4, -0.2) is 60.4 Å². The average molecular weight is 648 g/mol. The molecule has 1 aliphatic heterocycles. The fourth-order valence-corrected chi connectivity index (χ4v) is 5.97. The van der Waals surface area contributed by atoms with Crippen LogP contribution in [0, 0.1) is 5.92 Å². The van der Waals surface area contributed by atoms with Crippen LogP contribution in [0.4, 0.5) is 0 Å². The van der Waals surface area contributed by atoms with Gasteiger partial charge in [0.2, 0.25) is 5.91 Å². The minimum absolute atomic E-state index is 0. The van der Waals surface area contributed by atoms with Gasteiger partial charge in [-0.25, -0.2) is 0 Å². The Balaban J connectivity index is 0.00000323. The zero-order valence-electron chi connectivity index (χ0n) is 25.3. The van der Waals surface area contributed by atoms with E-state index in [2.05, 4.69) is 48.0 Å². The monoisotopic (exact) mass is 646 g/mol.